The van der Waals surface area contributed by atoms with Gasteiger partial charge in [-0.05, 0) is 30.7 Å². The molecule has 2 N–H and O–H groups in total. The standard InChI is InChI=1S/C14H13FN2O4/c1-8-5-9(16)3-4-12(8)21-13-7-14(20-2)11(17(18)19)6-10(13)15/h3-7H,16H2,1-2H3. The van der Waals surface area contributed by atoms with Crippen molar-refractivity contribution in [2.24, 2.45) is 0 Å². The van der Waals surface area contributed by atoms with Gasteiger partial charge in [0.05, 0.1) is 18.1 Å². The van der Waals surface area contributed by atoms with Gasteiger partial charge >= 0.3 is 5.69 Å². The number of methoxy groups -OCH3 is 1. The molecule has 0 spiro atoms. The molecule has 0 unspecified atom stereocenters. The Hall–Kier alpha value is -2.83. The number of nitrogens with zero attached hydrogens (tertiary/aromatic N) is 1. The van der Waals surface area contributed by atoms with Gasteiger partial charge in [-0.3, -0.25) is 10.1 Å². The van der Waals surface area contributed by atoms with E-state index in [1.807, 2.05) is 0 Å². The fourth-order valence-electron chi connectivity index (χ4n) is 1.81. The van der Waals surface area contributed by atoms with Gasteiger partial charge in [-0.15, -0.1) is 0 Å². The maximum Gasteiger partial charge on any atom is 0.314 e. The van der Waals surface area contributed by atoms with Crippen molar-refractivity contribution in [3.8, 4) is 17.2 Å². The highest BCUT2D eigenvalue weighted by Gasteiger charge is 2.20. The number of benzene rings is 2. The summed E-state index contributed by atoms with van der Waals surface area (Å²) in [5.74, 6) is -0.687. The summed E-state index contributed by atoms with van der Waals surface area (Å²) in [5, 5.41) is 10.8. The first kappa shape index (κ1) is 14.6. The maximum absolute atomic E-state index is 13.9. The fraction of sp³-hybridized carbons (Fsp3) is 0.143. The van der Waals surface area contributed by atoms with Crippen molar-refractivity contribution in [1.82, 2.24) is 0 Å². The number of halogens is 1. The summed E-state index contributed by atoms with van der Waals surface area (Å²) in [6, 6.07) is 6.79. The molecule has 0 saturated heterocycles. The number of aryl methyl sites for hydroxylation is 1. The molecule has 0 radical (unpaired) electrons. The zero-order valence-electron chi connectivity index (χ0n) is 11.4. The maximum atomic E-state index is 13.9. The van der Waals surface area contributed by atoms with Crippen LogP contribution in [0.25, 0.3) is 0 Å². The molecule has 0 saturated carbocycles. The Labute approximate surface area is 120 Å². The zero-order valence-corrected chi connectivity index (χ0v) is 11.4. The minimum Gasteiger partial charge on any atom is -0.490 e. The second-order valence-corrected chi connectivity index (χ2v) is 4.34. The van der Waals surface area contributed by atoms with Crippen molar-refractivity contribution in [2.45, 2.75) is 6.92 Å². The Morgan fingerprint density at radius 2 is 1.90 bits per heavy atom. The molecule has 2 aromatic rings. The first-order chi connectivity index (χ1) is 9.92. The SMILES string of the molecule is COc1cc(Oc2ccc(N)cc2C)c(F)cc1[N+](=O)[O-]. The van der Waals surface area contributed by atoms with Crippen molar-refractivity contribution in [3.05, 3.63) is 51.8 Å². The van der Waals surface area contributed by atoms with Gasteiger partial charge in [0.1, 0.15) is 5.75 Å². The average molecular weight is 292 g/mol. The normalized spacial score (nSPS) is 10.2. The molecule has 0 aliphatic rings. The first-order valence-electron chi connectivity index (χ1n) is 5.98. The Morgan fingerprint density at radius 3 is 2.48 bits per heavy atom. The minimum absolute atomic E-state index is 0.0792. The lowest BCUT2D eigenvalue weighted by molar-refractivity contribution is -0.386. The van der Waals surface area contributed by atoms with Gasteiger partial charge < -0.3 is 15.2 Å². The molecular weight excluding hydrogens is 279 g/mol. The van der Waals surface area contributed by atoms with E-state index in [-0.39, 0.29) is 11.5 Å². The lowest BCUT2D eigenvalue weighted by Gasteiger charge is -2.11. The topological polar surface area (TPSA) is 87.6 Å². The van der Waals surface area contributed by atoms with Crippen LogP contribution >= 0.6 is 0 Å². The van der Waals surface area contributed by atoms with Crippen LogP contribution in [-0.2, 0) is 0 Å². The molecule has 6 nitrogen and oxygen atoms in total. The summed E-state index contributed by atoms with van der Waals surface area (Å²) in [4.78, 5) is 10.1. The van der Waals surface area contributed by atoms with E-state index in [9.17, 15) is 14.5 Å². The van der Waals surface area contributed by atoms with Crippen LogP contribution in [0.1, 0.15) is 5.56 Å². The van der Waals surface area contributed by atoms with Crippen LogP contribution in [-0.4, -0.2) is 12.0 Å². The number of nitrogens with two attached hydrogens (primary N) is 1. The number of hydrogen-bond donors (Lipinski definition) is 1. The monoisotopic (exact) mass is 292 g/mol. The Balaban J connectivity index is 2.42. The third-order valence-electron chi connectivity index (χ3n) is 2.85. The summed E-state index contributed by atoms with van der Waals surface area (Å²) < 4.78 is 24.2. The van der Waals surface area contributed by atoms with Crippen molar-refractivity contribution in [1.29, 1.82) is 0 Å². The number of ether oxygens (including phenoxy) is 2. The molecule has 0 bridgehead atoms. The van der Waals surface area contributed by atoms with Gasteiger partial charge in [0.25, 0.3) is 0 Å². The lowest BCUT2D eigenvalue weighted by Crippen LogP contribution is -1.98. The van der Waals surface area contributed by atoms with Crippen molar-refractivity contribution in [2.75, 3.05) is 12.8 Å². The Morgan fingerprint density at radius 1 is 1.19 bits per heavy atom. The van der Waals surface area contributed by atoms with Gasteiger partial charge in [-0.1, -0.05) is 0 Å². The van der Waals surface area contributed by atoms with Crippen molar-refractivity contribution in [3.63, 3.8) is 0 Å². The Bertz CT molecular complexity index is 704. The highest BCUT2D eigenvalue weighted by atomic mass is 19.1. The number of anilines is 1. The molecule has 0 aromatic heterocycles. The molecule has 0 amide bonds. The van der Waals surface area contributed by atoms with Gasteiger partial charge in [-0.25, -0.2) is 4.39 Å². The van der Waals surface area contributed by atoms with Gasteiger partial charge in [0, 0.05) is 11.8 Å². The molecule has 0 aliphatic heterocycles. The summed E-state index contributed by atoms with van der Waals surface area (Å²) >= 11 is 0. The van der Waals surface area contributed by atoms with E-state index in [1.54, 1.807) is 25.1 Å². The van der Waals surface area contributed by atoms with Crippen molar-refractivity contribution < 1.29 is 18.8 Å². The molecule has 7 heteroatoms. The predicted molar refractivity (Wildman–Crippen MR) is 75.3 cm³/mol. The van der Waals surface area contributed by atoms with Gasteiger partial charge in [0.15, 0.2) is 11.6 Å². The molecule has 110 valence electrons. The number of nitrogen functional groups attached to an aromatic ring is 1. The third-order valence-corrected chi connectivity index (χ3v) is 2.85. The smallest absolute Gasteiger partial charge is 0.314 e. The van der Waals surface area contributed by atoms with Crippen molar-refractivity contribution >= 4 is 11.4 Å². The van der Waals surface area contributed by atoms with E-state index in [4.69, 9.17) is 15.2 Å². The fourth-order valence-corrected chi connectivity index (χ4v) is 1.81. The average Bonchev–Trinajstić information content (AvgIpc) is 2.43. The molecule has 0 fully saturated rings. The number of hydrogen-bond acceptors (Lipinski definition) is 5. The first-order valence-corrected chi connectivity index (χ1v) is 5.98. The second-order valence-electron chi connectivity index (χ2n) is 4.34. The summed E-state index contributed by atoms with van der Waals surface area (Å²) in [6.45, 7) is 1.76. The van der Waals surface area contributed by atoms with Crippen LogP contribution in [0.2, 0.25) is 0 Å². The van der Waals surface area contributed by atoms with E-state index in [0.29, 0.717) is 17.0 Å². The zero-order chi connectivity index (χ0) is 15.6. The molecule has 21 heavy (non-hydrogen) atoms. The highest BCUT2D eigenvalue weighted by molar-refractivity contribution is 5.53. The van der Waals surface area contributed by atoms with Crippen LogP contribution < -0.4 is 15.2 Å². The quantitative estimate of drug-likeness (QED) is 0.530. The summed E-state index contributed by atoms with van der Waals surface area (Å²) in [7, 11) is 1.26. The number of nitro benzene ring substituents is 1. The lowest BCUT2D eigenvalue weighted by atomic mass is 10.2. The molecule has 2 rings (SSSR count). The minimum atomic E-state index is -0.848. The third kappa shape index (κ3) is 3.02. The largest absolute Gasteiger partial charge is 0.490 e. The van der Waals surface area contributed by atoms with E-state index >= 15 is 0 Å². The molecular formula is C14H13FN2O4. The van der Waals surface area contributed by atoms with E-state index in [1.165, 1.54) is 7.11 Å². The van der Waals surface area contributed by atoms with Gasteiger partial charge in [0.2, 0.25) is 5.75 Å². The molecule has 0 heterocycles. The van der Waals surface area contributed by atoms with Crippen LogP contribution in [0.3, 0.4) is 0 Å². The summed E-state index contributed by atoms with van der Waals surface area (Å²) in [6.07, 6.45) is 0. The van der Waals surface area contributed by atoms with Crippen LogP contribution in [0.4, 0.5) is 15.8 Å². The number of nitro groups is 1. The highest BCUT2D eigenvalue weighted by Crippen LogP contribution is 2.36. The van der Waals surface area contributed by atoms with Crippen LogP contribution in [0, 0.1) is 22.9 Å². The van der Waals surface area contributed by atoms with E-state index in [2.05, 4.69) is 0 Å². The summed E-state index contributed by atoms with van der Waals surface area (Å²) in [5.41, 5.74) is 6.43. The van der Waals surface area contributed by atoms with E-state index < -0.39 is 16.4 Å². The Kier molecular flexibility index (Phi) is 3.93. The van der Waals surface area contributed by atoms with E-state index in [0.717, 1.165) is 12.1 Å². The number of rotatable bonds is 4. The second kappa shape index (κ2) is 5.66. The van der Waals surface area contributed by atoms with Crippen LogP contribution in [0.15, 0.2) is 30.3 Å². The molecule has 0 aliphatic carbocycles. The molecule has 2 aromatic carbocycles. The van der Waals surface area contributed by atoms with Gasteiger partial charge in [-0.2, -0.15) is 0 Å². The predicted octanol–water partition coefficient (Wildman–Crippen LogP) is 3.43. The molecule has 0 atom stereocenters. The van der Waals surface area contributed by atoms with Crippen LogP contribution in [0.5, 0.6) is 17.2 Å².